The van der Waals surface area contributed by atoms with Gasteiger partial charge in [0, 0.05) is 18.2 Å². The SMILES string of the molecule is O=C(Cn1c(=O)c(=O)n(Cc2ccc(Cl)cc2)c2ccccc21)NCC1CCCO1. The van der Waals surface area contributed by atoms with Crippen molar-refractivity contribution in [1.29, 1.82) is 0 Å². The van der Waals surface area contributed by atoms with Gasteiger partial charge in [-0.3, -0.25) is 23.5 Å². The second-order valence-corrected chi connectivity index (χ2v) is 7.77. The topological polar surface area (TPSA) is 82.3 Å². The van der Waals surface area contributed by atoms with Crippen molar-refractivity contribution >= 4 is 28.5 Å². The fourth-order valence-electron chi connectivity index (χ4n) is 3.69. The van der Waals surface area contributed by atoms with Crippen molar-refractivity contribution in [3.8, 4) is 0 Å². The molecule has 3 aromatic rings. The summed E-state index contributed by atoms with van der Waals surface area (Å²) in [5.41, 5.74) is 0.566. The van der Waals surface area contributed by atoms with Gasteiger partial charge in [0.25, 0.3) is 0 Å². The minimum atomic E-state index is -0.727. The Morgan fingerprint density at radius 1 is 1.03 bits per heavy atom. The summed E-state index contributed by atoms with van der Waals surface area (Å²) in [6.45, 7) is 1.12. The van der Waals surface area contributed by atoms with Gasteiger partial charge in [0.15, 0.2) is 0 Å². The zero-order chi connectivity index (χ0) is 21.1. The number of para-hydroxylation sites is 2. The van der Waals surface area contributed by atoms with E-state index in [9.17, 15) is 14.4 Å². The van der Waals surface area contributed by atoms with Gasteiger partial charge in [-0.1, -0.05) is 35.9 Å². The monoisotopic (exact) mass is 427 g/mol. The quantitative estimate of drug-likeness (QED) is 0.611. The molecule has 1 amide bonds. The molecule has 0 aliphatic carbocycles. The van der Waals surface area contributed by atoms with Crippen LogP contribution in [0.1, 0.15) is 18.4 Å². The largest absolute Gasteiger partial charge is 0.376 e. The third-order valence-electron chi connectivity index (χ3n) is 5.24. The van der Waals surface area contributed by atoms with Gasteiger partial charge in [0.2, 0.25) is 5.91 Å². The minimum Gasteiger partial charge on any atom is -0.376 e. The van der Waals surface area contributed by atoms with Gasteiger partial charge in [-0.15, -0.1) is 0 Å². The van der Waals surface area contributed by atoms with Crippen molar-refractivity contribution in [3.05, 3.63) is 79.8 Å². The molecule has 1 atom stereocenters. The predicted octanol–water partition coefficient (Wildman–Crippen LogP) is 2.16. The number of halogens is 1. The standard InChI is InChI=1S/C22H22ClN3O4/c23-16-9-7-15(8-10-16)13-25-18-5-1-2-6-19(18)26(22(29)21(25)28)14-20(27)24-12-17-4-3-11-30-17/h1-2,5-10,17H,3-4,11-14H2,(H,24,27). The van der Waals surface area contributed by atoms with Crippen molar-refractivity contribution in [3.63, 3.8) is 0 Å². The number of carbonyl (C=O) groups excluding carboxylic acids is 1. The van der Waals surface area contributed by atoms with Crippen molar-refractivity contribution in [2.24, 2.45) is 0 Å². The molecule has 1 unspecified atom stereocenters. The number of benzene rings is 2. The normalized spacial score (nSPS) is 16.1. The van der Waals surface area contributed by atoms with Crippen LogP contribution in [-0.2, 0) is 22.6 Å². The van der Waals surface area contributed by atoms with Crippen molar-refractivity contribution < 1.29 is 9.53 Å². The number of aromatic nitrogens is 2. The van der Waals surface area contributed by atoms with Crippen molar-refractivity contribution in [2.45, 2.75) is 32.0 Å². The lowest BCUT2D eigenvalue weighted by Gasteiger charge is -2.16. The molecule has 1 saturated heterocycles. The molecular weight excluding hydrogens is 406 g/mol. The predicted molar refractivity (Wildman–Crippen MR) is 115 cm³/mol. The molecule has 0 radical (unpaired) electrons. The zero-order valence-electron chi connectivity index (χ0n) is 16.3. The highest BCUT2D eigenvalue weighted by atomic mass is 35.5. The summed E-state index contributed by atoms with van der Waals surface area (Å²) in [5.74, 6) is -0.326. The third-order valence-corrected chi connectivity index (χ3v) is 5.50. The molecule has 1 aromatic heterocycles. The fraction of sp³-hybridized carbons (Fsp3) is 0.318. The van der Waals surface area contributed by atoms with E-state index in [1.54, 1.807) is 36.4 Å². The molecule has 7 nitrogen and oxygen atoms in total. The Morgan fingerprint density at radius 2 is 1.70 bits per heavy atom. The Bertz CT molecular complexity index is 1180. The molecule has 1 aliphatic heterocycles. The number of hydrogen-bond donors (Lipinski definition) is 1. The van der Waals surface area contributed by atoms with Gasteiger partial charge in [-0.05, 0) is 42.7 Å². The van der Waals surface area contributed by atoms with Gasteiger partial charge in [0.05, 0.1) is 23.7 Å². The summed E-state index contributed by atoms with van der Waals surface area (Å²) >= 11 is 5.93. The third kappa shape index (κ3) is 4.32. The summed E-state index contributed by atoms with van der Waals surface area (Å²) in [6, 6.07) is 14.2. The van der Waals surface area contributed by atoms with E-state index in [0.29, 0.717) is 29.2 Å². The Morgan fingerprint density at radius 3 is 2.37 bits per heavy atom. The summed E-state index contributed by atoms with van der Waals surface area (Å²) in [5, 5.41) is 3.40. The van der Waals surface area contributed by atoms with Gasteiger partial charge < -0.3 is 10.1 Å². The van der Waals surface area contributed by atoms with Crippen LogP contribution in [0.4, 0.5) is 0 Å². The average molecular weight is 428 g/mol. The number of ether oxygens (including phenoxy) is 1. The van der Waals surface area contributed by atoms with Crippen LogP contribution in [0.3, 0.4) is 0 Å². The van der Waals surface area contributed by atoms with E-state index in [2.05, 4.69) is 5.32 Å². The molecule has 30 heavy (non-hydrogen) atoms. The van der Waals surface area contributed by atoms with Crippen LogP contribution < -0.4 is 16.4 Å². The molecule has 156 valence electrons. The maximum absolute atomic E-state index is 12.9. The van der Waals surface area contributed by atoms with Gasteiger partial charge in [-0.25, -0.2) is 0 Å². The van der Waals surface area contributed by atoms with E-state index in [4.69, 9.17) is 16.3 Å². The van der Waals surface area contributed by atoms with Crippen LogP contribution in [0.15, 0.2) is 58.1 Å². The number of nitrogens with zero attached hydrogens (tertiary/aromatic N) is 2. The molecule has 1 fully saturated rings. The summed E-state index contributed by atoms with van der Waals surface area (Å²) in [7, 11) is 0. The molecule has 0 saturated carbocycles. The van der Waals surface area contributed by atoms with E-state index >= 15 is 0 Å². The van der Waals surface area contributed by atoms with Crippen LogP contribution in [0, 0.1) is 0 Å². The molecule has 1 N–H and O–H groups in total. The molecule has 0 bridgehead atoms. The van der Waals surface area contributed by atoms with E-state index in [0.717, 1.165) is 18.4 Å². The minimum absolute atomic E-state index is 0.00907. The molecule has 0 spiro atoms. The number of rotatable bonds is 6. The van der Waals surface area contributed by atoms with Crippen LogP contribution in [0.5, 0.6) is 0 Å². The second kappa shape index (κ2) is 8.85. The number of nitrogens with one attached hydrogen (secondary N) is 1. The first-order chi connectivity index (χ1) is 14.5. The second-order valence-electron chi connectivity index (χ2n) is 7.34. The molecule has 2 heterocycles. The highest BCUT2D eigenvalue weighted by Gasteiger charge is 2.18. The smallest absolute Gasteiger partial charge is 0.317 e. The van der Waals surface area contributed by atoms with Gasteiger partial charge >= 0.3 is 11.1 Å². The van der Waals surface area contributed by atoms with Gasteiger partial charge in [-0.2, -0.15) is 0 Å². The average Bonchev–Trinajstić information content (AvgIpc) is 3.28. The van der Waals surface area contributed by atoms with Crippen molar-refractivity contribution in [1.82, 2.24) is 14.5 Å². The lowest BCUT2D eigenvalue weighted by Crippen LogP contribution is -2.44. The summed E-state index contributed by atoms with van der Waals surface area (Å²) < 4.78 is 8.17. The maximum Gasteiger partial charge on any atom is 0.317 e. The number of hydrogen-bond acceptors (Lipinski definition) is 4. The van der Waals surface area contributed by atoms with E-state index in [1.807, 2.05) is 12.1 Å². The van der Waals surface area contributed by atoms with E-state index in [1.165, 1.54) is 9.13 Å². The Hall–Kier alpha value is -2.90. The van der Waals surface area contributed by atoms with Crippen LogP contribution in [0.2, 0.25) is 5.02 Å². The first-order valence-corrected chi connectivity index (χ1v) is 10.3. The summed E-state index contributed by atoms with van der Waals surface area (Å²) in [4.78, 5) is 38.2. The molecular formula is C22H22ClN3O4. The first kappa shape index (κ1) is 20.4. The molecule has 1 aliphatic rings. The van der Waals surface area contributed by atoms with E-state index in [-0.39, 0.29) is 25.1 Å². The molecule has 8 heteroatoms. The fourth-order valence-corrected chi connectivity index (χ4v) is 3.82. The molecule has 4 rings (SSSR count). The van der Waals surface area contributed by atoms with Crippen LogP contribution in [-0.4, -0.2) is 34.3 Å². The summed E-state index contributed by atoms with van der Waals surface area (Å²) in [6.07, 6.45) is 1.90. The zero-order valence-corrected chi connectivity index (χ0v) is 17.1. The Balaban J connectivity index is 1.65. The lowest BCUT2D eigenvalue weighted by atomic mass is 10.2. The first-order valence-electron chi connectivity index (χ1n) is 9.88. The van der Waals surface area contributed by atoms with Crippen LogP contribution >= 0.6 is 11.6 Å². The number of fused-ring (bicyclic) bond motifs is 1. The highest BCUT2D eigenvalue weighted by molar-refractivity contribution is 6.30. The van der Waals surface area contributed by atoms with Gasteiger partial charge in [0.1, 0.15) is 6.54 Å². The van der Waals surface area contributed by atoms with Crippen molar-refractivity contribution in [2.75, 3.05) is 13.2 Å². The van der Waals surface area contributed by atoms with Crippen LogP contribution in [0.25, 0.3) is 11.0 Å². The maximum atomic E-state index is 12.9. The Kier molecular flexibility index (Phi) is 6.01. The Labute approximate surface area is 177 Å². The number of amides is 1. The van der Waals surface area contributed by atoms with E-state index < -0.39 is 11.1 Å². The number of carbonyl (C=O) groups is 1. The highest BCUT2D eigenvalue weighted by Crippen LogP contribution is 2.15. The molecule has 2 aromatic carbocycles. The lowest BCUT2D eigenvalue weighted by molar-refractivity contribution is -0.122.